The number of aromatic nitrogens is 2. The molecule has 2 unspecified atom stereocenters. The number of anilines is 1. The van der Waals surface area contributed by atoms with Gasteiger partial charge >= 0.3 is 0 Å². The average Bonchev–Trinajstić information content (AvgIpc) is 2.76. The molecule has 82 valence electrons. The normalized spacial score (nSPS) is 35.7. The van der Waals surface area contributed by atoms with Gasteiger partial charge in [-0.1, -0.05) is 0 Å². The van der Waals surface area contributed by atoms with Gasteiger partial charge in [0.2, 0.25) is 0 Å². The lowest BCUT2D eigenvalue weighted by Gasteiger charge is -2.36. The molecular weight excluding hydrogens is 188 g/mol. The van der Waals surface area contributed by atoms with Crippen molar-refractivity contribution >= 4 is 5.69 Å². The van der Waals surface area contributed by atoms with Gasteiger partial charge in [0.05, 0.1) is 11.9 Å². The Labute approximate surface area is 90.0 Å². The summed E-state index contributed by atoms with van der Waals surface area (Å²) < 4.78 is 0. The van der Waals surface area contributed by atoms with Gasteiger partial charge < -0.3 is 10.2 Å². The van der Waals surface area contributed by atoms with Gasteiger partial charge in [-0.25, -0.2) is 0 Å². The maximum absolute atomic E-state index is 3.96. The summed E-state index contributed by atoms with van der Waals surface area (Å²) in [7, 11) is 2.27. The summed E-state index contributed by atoms with van der Waals surface area (Å²) in [5.74, 6) is 0. The van der Waals surface area contributed by atoms with Crippen molar-refractivity contribution in [3.05, 3.63) is 12.4 Å². The molecule has 15 heavy (non-hydrogen) atoms. The van der Waals surface area contributed by atoms with Crippen LogP contribution in [0.3, 0.4) is 0 Å². The number of rotatable bonds is 2. The van der Waals surface area contributed by atoms with E-state index in [-0.39, 0.29) is 0 Å². The highest BCUT2D eigenvalue weighted by Crippen LogP contribution is 2.35. The van der Waals surface area contributed by atoms with Gasteiger partial charge in [-0.2, -0.15) is 5.10 Å². The van der Waals surface area contributed by atoms with Crippen molar-refractivity contribution in [2.45, 2.75) is 43.8 Å². The highest BCUT2D eigenvalue weighted by atomic mass is 15.2. The number of hydrogen-bond acceptors (Lipinski definition) is 3. The van der Waals surface area contributed by atoms with Crippen LogP contribution in [0.4, 0.5) is 5.69 Å². The molecule has 3 rings (SSSR count). The Balaban J connectivity index is 1.65. The molecule has 3 heterocycles. The standard InChI is InChI=1S/C11H18N4/c1-15-10-2-3-11(15)5-8(4-10)14-9-6-12-13-7-9/h6-8,10-11,14H,2-5H2,1H3,(H,12,13). The van der Waals surface area contributed by atoms with E-state index in [0.29, 0.717) is 6.04 Å². The van der Waals surface area contributed by atoms with E-state index in [1.54, 1.807) is 0 Å². The first-order chi connectivity index (χ1) is 7.33. The van der Waals surface area contributed by atoms with Gasteiger partial charge in [0.15, 0.2) is 0 Å². The number of nitrogens with one attached hydrogen (secondary N) is 2. The number of hydrogen-bond donors (Lipinski definition) is 2. The molecular formula is C11H18N4. The van der Waals surface area contributed by atoms with Crippen molar-refractivity contribution in [1.82, 2.24) is 15.1 Å². The first-order valence-corrected chi connectivity index (χ1v) is 5.80. The third-order valence-corrected chi connectivity index (χ3v) is 3.97. The molecule has 2 fully saturated rings. The molecule has 2 aliphatic heterocycles. The largest absolute Gasteiger partial charge is 0.380 e. The van der Waals surface area contributed by atoms with E-state index in [1.807, 2.05) is 12.4 Å². The van der Waals surface area contributed by atoms with Gasteiger partial charge in [0, 0.05) is 24.3 Å². The van der Waals surface area contributed by atoms with Crippen LogP contribution in [0.1, 0.15) is 25.7 Å². The SMILES string of the molecule is CN1C2CCC1CC(Nc1cn[nH]c1)C2. The van der Waals surface area contributed by atoms with Crippen molar-refractivity contribution in [3.63, 3.8) is 0 Å². The monoisotopic (exact) mass is 206 g/mol. The second kappa shape index (κ2) is 3.52. The fraction of sp³-hybridized carbons (Fsp3) is 0.727. The van der Waals surface area contributed by atoms with E-state index in [9.17, 15) is 0 Å². The van der Waals surface area contributed by atoms with E-state index in [1.165, 1.54) is 25.7 Å². The maximum atomic E-state index is 3.96. The minimum absolute atomic E-state index is 0.635. The predicted octanol–water partition coefficient (Wildman–Crippen LogP) is 1.45. The first kappa shape index (κ1) is 9.21. The van der Waals surface area contributed by atoms with E-state index >= 15 is 0 Å². The molecule has 1 aromatic rings. The minimum atomic E-state index is 0.635. The maximum Gasteiger partial charge on any atom is 0.0725 e. The third kappa shape index (κ3) is 1.63. The molecule has 2 aliphatic rings. The summed E-state index contributed by atoms with van der Waals surface area (Å²) in [4.78, 5) is 2.56. The lowest BCUT2D eigenvalue weighted by Crippen LogP contribution is -2.44. The van der Waals surface area contributed by atoms with E-state index in [0.717, 1.165) is 17.8 Å². The Morgan fingerprint density at radius 2 is 2.13 bits per heavy atom. The molecule has 2 atom stereocenters. The lowest BCUT2D eigenvalue weighted by molar-refractivity contribution is 0.169. The molecule has 0 aromatic carbocycles. The van der Waals surface area contributed by atoms with Crippen LogP contribution < -0.4 is 5.32 Å². The average molecular weight is 206 g/mol. The quantitative estimate of drug-likeness (QED) is 0.769. The number of fused-ring (bicyclic) bond motifs is 2. The molecule has 4 heteroatoms. The van der Waals surface area contributed by atoms with Crippen LogP contribution in [-0.4, -0.2) is 40.3 Å². The van der Waals surface area contributed by atoms with Crippen molar-refractivity contribution in [3.8, 4) is 0 Å². The van der Waals surface area contributed by atoms with Crippen molar-refractivity contribution < 1.29 is 0 Å². The zero-order valence-corrected chi connectivity index (χ0v) is 9.11. The van der Waals surface area contributed by atoms with E-state index in [2.05, 4.69) is 27.5 Å². The van der Waals surface area contributed by atoms with Gasteiger partial charge in [-0.15, -0.1) is 0 Å². The molecule has 0 aliphatic carbocycles. The fourth-order valence-electron chi connectivity index (χ4n) is 3.09. The van der Waals surface area contributed by atoms with E-state index < -0.39 is 0 Å². The summed E-state index contributed by atoms with van der Waals surface area (Å²) in [6.45, 7) is 0. The van der Waals surface area contributed by atoms with Crippen molar-refractivity contribution in [1.29, 1.82) is 0 Å². The van der Waals surface area contributed by atoms with Gasteiger partial charge in [0.25, 0.3) is 0 Å². The molecule has 4 nitrogen and oxygen atoms in total. The Kier molecular flexibility index (Phi) is 2.16. The van der Waals surface area contributed by atoms with Crippen LogP contribution in [0.2, 0.25) is 0 Å². The molecule has 0 spiro atoms. The second-order valence-electron chi connectivity index (χ2n) is 4.85. The molecule has 2 saturated heterocycles. The Bertz CT molecular complexity index is 307. The molecule has 0 radical (unpaired) electrons. The number of piperidine rings is 1. The molecule has 2 bridgehead atoms. The molecule has 0 saturated carbocycles. The topological polar surface area (TPSA) is 44.0 Å². The van der Waals surface area contributed by atoms with E-state index in [4.69, 9.17) is 0 Å². The van der Waals surface area contributed by atoms with Crippen LogP contribution in [-0.2, 0) is 0 Å². The van der Waals surface area contributed by atoms with Gasteiger partial charge in [-0.3, -0.25) is 5.10 Å². The zero-order chi connectivity index (χ0) is 10.3. The number of nitrogens with zero attached hydrogens (tertiary/aromatic N) is 2. The van der Waals surface area contributed by atoms with Crippen molar-refractivity contribution in [2.24, 2.45) is 0 Å². The summed E-state index contributed by atoms with van der Waals surface area (Å²) in [6, 6.07) is 2.23. The van der Waals surface area contributed by atoms with Crippen molar-refractivity contribution in [2.75, 3.05) is 12.4 Å². The summed E-state index contributed by atoms with van der Waals surface area (Å²) in [6.07, 6.45) is 9.10. The van der Waals surface area contributed by atoms with Gasteiger partial charge in [0.1, 0.15) is 0 Å². The van der Waals surface area contributed by atoms with Crippen LogP contribution in [0.25, 0.3) is 0 Å². The number of aromatic amines is 1. The van der Waals surface area contributed by atoms with Crippen LogP contribution in [0.5, 0.6) is 0 Å². The first-order valence-electron chi connectivity index (χ1n) is 5.80. The summed E-state index contributed by atoms with van der Waals surface area (Å²) >= 11 is 0. The lowest BCUT2D eigenvalue weighted by atomic mass is 9.98. The van der Waals surface area contributed by atoms with Crippen LogP contribution in [0.15, 0.2) is 12.4 Å². The predicted molar refractivity (Wildman–Crippen MR) is 59.8 cm³/mol. The molecule has 0 amide bonds. The zero-order valence-electron chi connectivity index (χ0n) is 9.11. The Morgan fingerprint density at radius 3 is 2.73 bits per heavy atom. The van der Waals surface area contributed by atoms with Crippen LogP contribution in [0, 0.1) is 0 Å². The Hall–Kier alpha value is -1.03. The number of H-pyrrole nitrogens is 1. The molecule has 1 aromatic heterocycles. The highest BCUT2D eigenvalue weighted by molar-refractivity contribution is 5.39. The smallest absolute Gasteiger partial charge is 0.0725 e. The second-order valence-corrected chi connectivity index (χ2v) is 4.85. The summed E-state index contributed by atoms with van der Waals surface area (Å²) in [5, 5.41) is 10.4. The molecule has 2 N–H and O–H groups in total. The fourth-order valence-corrected chi connectivity index (χ4v) is 3.09. The summed E-state index contributed by atoms with van der Waals surface area (Å²) in [5.41, 5.74) is 1.13. The van der Waals surface area contributed by atoms with Crippen LogP contribution >= 0.6 is 0 Å². The minimum Gasteiger partial charge on any atom is -0.380 e. The Morgan fingerprint density at radius 1 is 1.40 bits per heavy atom. The third-order valence-electron chi connectivity index (χ3n) is 3.97. The van der Waals surface area contributed by atoms with Gasteiger partial charge in [-0.05, 0) is 32.7 Å². The highest BCUT2D eigenvalue weighted by Gasteiger charge is 2.38.